The lowest BCUT2D eigenvalue weighted by Crippen LogP contribution is -2.54. The zero-order valence-corrected chi connectivity index (χ0v) is 21.0. The number of aromatic nitrogens is 4. The summed E-state index contributed by atoms with van der Waals surface area (Å²) in [5, 5.41) is 5.79. The van der Waals surface area contributed by atoms with Crippen molar-refractivity contribution in [3.05, 3.63) is 54.5 Å². The number of pyridine rings is 1. The lowest BCUT2D eigenvalue weighted by atomic mass is 9.73. The Kier molecular flexibility index (Phi) is 7.22. The molecule has 2 aliphatic rings. The summed E-state index contributed by atoms with van der Waals surface area (Å²) in [4.78, 5) is 50.6. The van der Waals surface area contributed by atoms with Gasteiger partial charge < -0.3 is 29.7 Å². The van der Waals surface area contributed by atoms with Crippen molar-refractivity contribution in [3.63, 3.8) is 0 Å². The Labute approximate surface area is 215 Å². The number of carbonyl (C=O) groups excluding carboxylic acids is 3. The molecule has 11 heteroatoms. The average Bonchev–Trinajstić information content (AvgIpc) is 3.59. The van der Waals surface area contributed by atoms with Gasteiger partial charge in [-0.05, 0) is 43.2 Å². The van der Waals surface area contributed by atoms with Crippen LogP contribution in [0.2, 0.25) is 0 Å². The minimum absolute atomic E-state index is 0.0234. The minimum atomic E-state index is -0.614. The van der Waals surface area contributed by atoms with Crippen LogP contribution in [0.3, 0.4) is 0 Å². The summed E-state index contributed by atoms with van der Waals surface area (Å²) in [5.41, 5.74) is 2.24. The highest BCUT2D eigenvalue weighted by molar-refractivity contribution is 5.94. The highest BCUT2D eigenvalue weighted by Crippen LogP contribution is 2.40. The van der Waals surface area contributed by atoms with E-state index >= 15 is 0 Å². The number of piperidine rings is 1. The lowest BCUT2D eigenvalue weighted by Gasteiger charge is -2.46. The third-order valence-corrected chi connectivity index (χ3v) is 7.55. The van der Waals surface area contributed by atoms with Gasteiger partial charge in [-0.25, -0.2) is 9.97 Å². The number of nitrogens with zero attached hydrogens (tertiary/aromatic N) is 4. The normalized spacial score (nSPS) is 20.0. The largest absolute Gasteiger partial charge is 0.376 e. The van der Waals surface area contributed by atoms with Gasteiger partial charge in [0.1, 0.15) is 11.7 Å². The molecule has 3 aromatic heterocycles. The highest BCUT2D eigenvalue weighted by atomic mass is 16.5. The van der Waals surface area contributed by atoms with Gasteiger partial charge in [0.15, 0.2) is 0 Å². The van der Waals surface area contributed by atoms with E-state index in [1.165, 1.54) is 6.92 Å². The molecule has 0 saturated carbocycles. The van der Waals surface area contributed by atoms with Crippen LogP contribution in [0.5, 0.6) is 0 Å². The number of rotatable bonds is 7. The van der Waals surface area contributed by atoms with Crippen LogP contribution in [0.15, 0.2) is 43.2 Å². The Hall–Kier alpha value is -3.73. The summed E-state index contributed by atoms with van der Waals surface area (Å²) < 4.78 is 8.00. The number of fused-ring (bicyclic) bond motifs is 1. The Morgan fingerprint density at radius 2 is 2.08 bits per heavy atom. The molecule has 3 N–H and O–H groups in total. The second-order valence-corrected chi connectivity index (χ2v) is 10.2. The number of likely N-dealkylation sites (tertiary alicyclic amines) is 1. The van der Waals surface area contributed by atoms with E-state index < -0.39 is 6.04 Å². The van der Waals surface area contributed by atoms with E-state index in [4.69, 9.17) is 4.74 Å². The topological polar surface area (TPSA) is 134 Å². The van der Waals surface area contributed by atoms with Gasteiger partial charge >= 0.3 is 0 Å². The van der Waals surface area contributed by atoms with E-state index in [2.05, 4.69) is 25.6 Å². The SMILES string of the molecule is CC(=O)NC(Cc1cnc[nH]1)C(=O)N1CCC2(CCC(CNC(=O)c3ccc4nccn4c3)OC2)CC1. The molecule has 37 heavy (non-hydrogen) atoms. The molecule has 0 aliphatic carbocycles. The predicted molar refractivity (Wildman–Crippen MR) is 135 cm³/mol. The van der Waals surface area contributed by atoms with Crippen molar-refractivity contribution < 1.29 is 19.1 Å². The van der Waals surface area contributed by atoms with Crippen molar-refractivity contribution in [2.24, 2.45) is 5.41 Å². The summed E-state index contributed by atoms with van der Waals surface area (Å²) >= 11 is 0. The van der Waals surface area contributed by atoms with Crippen LogP contribution in [0, 0.1) is 5.41 Å². The van der Waals surface area contributed by atoms with Crippen LogP contribution in [-0.2, 0) is 20.7 Å². The first-order valence-corrected chi connectivity index (χ1v) is 12.8. The van der Waals surface area contributed by atoms with E-state index in [0.29, 0.717) is 38.2 Å². The molecule has 5 heterocycles. The fraction of sp³-hybridized carbons (Fsp3) is 0.500. The van der Waals surface area contributed by atoms with E-state index in [1.54, 1.807) is 31.0 Å². The average molecular weight is 508 g/mol. The molecule has 2 fully saturated rings. The van der Waals surface area contributed by atoms with Gasteiger partial charge in [-0.15, -0.1) is 0 Å². The van der Waals surface area contributed by atoms with E-state index in [9.17, 15) is 14.4 Å². The van der Waals surface area contributed by atoms with Gasteiger partial charge in [0.25, 0.3) is 5.91 Å². The molecule has 2 saturated heterocycles. The molecule has 2 atom stereocenters. The Balaban J connectivity index is 1.09. The molecular formula is C26H33N7O4. The van der Waals surface area contributed by atoms with Crippen molar-refractivity contribution in [2.75, 3.05) is 26.2 Å². The van der Waals surface area contributed by atoms with Gasteiger partial charge in [-0.3, -0.25) is 14.4 Å². The number of hydrogen-bond acceptors (Lipinski definition) is 6. The zero-order valence-electron chi connectivity index (χ0n) is 21.0. The minimum Gasteiger partial charge on any atom is -0.376 e. The molecule has 3 amide bonds. The zero-order chi connectivity index (χ0) is 25.8. The van der Waals surface area contributed by atoms with Crippen molar-refractivity contribution >= 4 is 23.4 Å². The first kappa shape index (κ1) is 24.9. The summed E-state index contributed by atoms with van der Waals surface area (Å²) in [7, 11) is 0. The number of amides is 3. The van der Waals surface area contributed by atoms with E-state index in [1.807, 2.05) is 21.6 Å². The Morgan fingerprint density at radius 3 is 2.78 bits per heavy atom. The highest BCUT2D eigenvalue weighted by Gasteiger charge is 2.40. The van der Waals surface area contributed by atoms with Gasteiger partial charge in [-0.1, -0.05) is 0 Å². The third kappa shape index (κ3) is 5.82. The van der Waals surface area contributed by atoms with E-state index in [0.717, 1.165) is 37.0 Å². The Morgan fingerprint density at radius 1 is 1.24 bits per heavy atom. The molecule has 11 nitrogen and oxygen atoms in total. The fourth-order valence-corrected chi connectivity index (χ4v) is 5.32. The maximum atomic E-state index is 13.2. The molecule has 1 spiro atoms. The molecule has 5 rings (SSSR count). The van der Waals surface area contributed by atoms with Gasteiger partial charge in [0.05, 0.1) is 24.6 Å². The van der Waals surface area contributed by atoms with Crippen molar-refractivity contribution in [2.45, 2.75) is 51.2 Å². The first-order valence-electron chi connectivity index (χ1n) is 12.8. The Bertz CT molecular complexity index is 1240. The number of H-pyrrole nitrogens is 1. The van der Waals surface area contributed by atoms with Crippen molar-refractivity contribution in [3.8, 4) is 0 Å². The maximum Gasteiger partial charge on any atom is 0.252 e. The van der Waals surface area contributed by atoms with Crippen LogP contribution in [0.25, 0.3) is 5.65 Å². The quantitative estimate of drug-likeness (QED) is 0.442. The molecule has 196 valence electrons. The van der Waals surface area contributed by atoms with Gasteiger partial charge in [-0.2, -0.15) is 0 Å². The fourth-order valence-electron chi connectivity index (χ4n) is 5.32. The van der Waals surface area contributed by atoms with Crippen molar-refractivity contribution in [1.29, 1.82) is 0 Å². The molecule has 0 radical (unpaired) electrons. The molecular weight excluding hydrogens is 474 g/mol. The van der Waals surface area contributed by atoms with Crippen LogP contribution in [0.4, 0.5) is 0 Å². The standard InChI is InChI=1S/C26H33N7O4/c1-18(34)31-22(12-20-13-27-17-30-20)25(36)32-9-6-26(7-10-32)5-4-21(37-16-26)14-29-24(35)19-2-3-23-28-8-11-33(23)15-19/h2-3,8,11,13,15,17,21-22H,4-7,9-10,12,14,16H2,1H3,(H,27,30)(H,29,35)(H,31,34). The third-order valence-electron chi connectivity index (χ3n) is 7.55. The van der Waals surface area contributed by atoms with Crippen LogP contribution >= 0.6 is 0 Å². The molecule has 2 aliphatic heterocycles. The van der Waals surface area contributed by atoms with Gasteiger partial charge in [0, 0.05) is 63.5 Å². The summed E-state index contributed by atoms with van der Waals surface area (Å²) in [6.07, 6.45) is 12.5. The first-order chi connectivity index (χ1) is 17.9. The van der Waals surface area contributed by atoms with Crippen LogP contribution in [-0.4, -0.2) is 80.4 Å². The molecule has 2 unspecified atom stereocenters. The second kappa shape index (κ2) is 10.7. The summed E-state index contributed by atoms with van der Waals surface area (Å²) in [6.45, 7) is 3.79. The molecule has 0 bridgehead atoms. The van der Waals surface area contributed by atoms with E-state index in [-0.39, 0.29) is 29.2 Å². The monoisotopic (exact) mass is 507 g/mol. The summed E-state index contributed by atoms with van der Waals surface area (Å²) in [6, 6.07) is 2.98. The number of nitrogens with one attached hydrogen (secondary N) is 3. The number of aromatic amines is 1. The summed E-state index contributed by atoms with van der Waals surface area (Å²) in [5.74, 6) is -0.423. The smallest absolute Gasteiger partial charge is 0.252 e. The maximum absolute atomic E-state index is 13.2. The van der Waals surface area contributed by atoms with Crippen molar-refractivity contribution in [1.82, 2.24) is 34.9 Å². The predicted octanol–water partition coefficient (Wildman–Crippen LogP) is 1.32. The molecule has 0 aromatic carbocycles. The number of hydrogen-bond donors (Lipinski definition) is 3. The lowest BCUT2D eigenvalue weighted by molar-refractivity contribution is -0.141. The van der Waals surface area contributed by atoms with Gasteiger partial charge in [0.2, 0.25) is 11.8 Å². The number of carbonyl (C=O) groups is 3. The number of ether oxygens (including phenoxy) is 1. The second-order valence-electron chi connectivity index (χ2n) is 10.2. The molecule has 3 aromatic rings. The van der Waals surface area contributed by atoms with Crippen LogP contribution in [0.1, 0.15) is 48.7 Å². The number of imidazole rings is 2. The van der Waals surface area contributed by atoms with Crippen LogP contribution < -0.4 is 10.6 Å².